The molecule has 0 radical (unpaired) electrons. The second kappa shape index (κ2) is 4.96. The maximum Gasteiger partial charge on any atom is 0.0695 e. The van der Waals surface area contributed by atoms with Gasteiger partial charge < -0.3 is 5.11 Å². The standard InChI is InChI=1S/C12H20N2O/c13-8-3-9-14(10-6-7-10)11-4-1-2-5-12(11)15/h10-12,15H,1-7,9H2/t11-,12-/m1/s1. The normalized spacial score (nSPS) is 31.5. The van der Waals surface area contributed by atoms with Crippen LogP contribution in [0.4, 0.5) is 0 Å². The Hall–Kier alpha value is -0.590. The highest BCUT2D eigenvalue weighted by atomic mass is 16.3. The molecule has 2 saturated carbocycles. The Bertz CT molecular complexity index is 244. The largest absolute Gasteiger partial charge is 0.391 e. The quantitative estimate of drug-likeness (QED) is 0.764. The monoisotopic (exact) mass is 208 g/mol. The van der Waals surface area contributed by atoms with E-state index in [0.717, 1.165) is 25.8 Å². The zero-order chi connectivity index (χ0) is 10.7. The molecule has 3 heteroatoms. The first kappa shape index (κ1) is 10.9. The van der Waals surface area contributed by atoms with Gasteiger partial charge in [0.05, 0.1) is 12.2 Å². The molecule has 15 heavy (non-hydrogen) atoms. The highest BCUT2D eigenvalue weighted by Gasteiger charge is 2.37. The average Bonchev–Trinajstić information content (AvgIpc) is 3.05. The van der Waals surface area contributed by atoms with Gasteiger partial charge in [-0.2, -0.15) is 5.26 Å². The maximum atomic E-state index is 9.99. The van der Waals surface area contributed by atoms with Gasteiger partial charge >= 0.3 is 0 Å². The number of hydrogen-bond donors (Lipinski definition) is 1. The zero-order valence-electron chi connectivity index (χ0n) is 9.23. The van der Waals surface area contributed by atoms with Crippen molar-refractivity contribution in [2.75, 3.05) is 6.54 Å². The van der Waals surface area contributed by atoms with Crippen LogP contribution in [0.5, 0.6) is 0 Å². The van der Waals surface area contributed by atoms with Gasteiger partial charge in [-0.15, -0.1) is 0 Å². The molecule has 0 heterocycles. The van der Waals surface area contributed by atoms with Crippen molar-refractivity contribution in [1.29, 1.82) is 5.26 Å². The molecule has 0 saturated heterocycles. The lowest BCUT2D eigenvalue weighted by atomic mass is 9.91. The van der Waals surface area contributed by atoms with Crippen LogP contribution >= 0.6 is 0 Å². The lowest BCUT2D eigenvalue weighted by molar-refractivity contribution is 0.0164. The summed E-state index contributed by atoms with van der Waals surface area (Å²) in [4.78, 5) is 2.40. The second-order valence-corrected chi connectivity index (χ2v) is 4.80. The third kappa shape index (κ3) is 2.70. The van der Waals surface area contributed by atoms with Crippen LogP contribution in [0.3, 0.4) is 0 Å². The van der Waals surface area contributed by atoms with Gasteiger partial charge in [0.25, 0.3) is 0 Å². The van der Waals surface area contributed by atoms with Crippen molar-refractivity contribution in [2.45, 2.75) is 63.1 Å². The van der Waals surface area contributed by atoms with Crippen molar-refractivity contribution in [3.8, 4) is 6.07 Å². The molecule has 2 aliphatic carbocycles. The first-order valence-electron chi connectivity index (χ1n) is 6.13. The molecule has 0 aromatic carbocycles. The molecule has 0 unspecified atom stereocenters. The van der Waals surface area contributed by atoms with Crippen LogP contribution in [-0.4, -0.2) is 34.7 Å². The fourth-order valence-corrected chi connectivity index (χ4v) is 2.68. The number of aliphatic hydroxyl groups is 1. The Morgan fingerprint density at radius 3 is 2.53 bits per heavy atom. The third-order valence-electron chi connectivity index (χ3n) is 3.62. The van der Waals surface area contributed by atoms with E-state index in [1.807, 2.05) is 0 Å². The smallest absolute Gasteiger partial charge is 0.0695 e. The van der Waals surface area contributed by atoms with Crippen molar-refractivity contribution in [3.63, 3.8) is 0 Å². The van der Waals surface area contributed by atoms with Crippen LogP contribution in [0.15, 0.2) is 0 Å². The van der Waals surface area contributed by atoms with Gasteiger partial charge in [-0.1, -0.05) is 12.8 Å². The summed E-state index contributed by atoms with van der Waals surface area (Å²) >= 11 is 0. The van der Waals surface area contributed by atoms with E-state index >= 15 is 0 Å². The summed E-state index contributed by atoms with van der Waals surface area (Å²) < 4.78 is 0. The van der Waals surface area contributed by atoms with Crippen LogP contribution in [0.25, 0.3) is 0 Å². The molecule has 0 bridgehead atoms. The number of rotatable bonds is 4. The fourth-order valence-electron chi connectivity index (χ4n) is 2.68. The van der Waals surface area contributed by atoms with E-state index in [2.05, 4.69) is 11.0 Å². The molecule has 0 aliphatic heterocycles. The lowest BCUT2D eigenvalue weighted by Gasteiger charge is -2.37. The Labute approximate surface area is 91.7 Å². The molecular formula is C12H20N2O. The molecule has 2 aliphatic rings. The number of nitrogens with zero attached hydrogens (tertiary/aromatic N) is 2. The van der Waals surface area contributed by atoms with Crippen molar-refractivity contribution in [1.82, 2.24) is 4.90 Å². The van der Waals surface area contributed by atoms with Gasteiger partial charge in [-0.05, 0) is 25.7 Å². The van der Waals surface area contributed by atoms with E-state index in [9.17, 15) is 5.11 Å². The third-order valence-corrected chi connectivity index (χ3v) is 3.62. The first-order chi connectivity index (χ1) is 7.33. The van der Waals surface area contributed by atoms with E-state index < -0.39 is 0 Å². The maximum absolute atomic E-state index is 9.99. The van der Waals surface area contributed by atoms with Crippen molar-refractivity contribution in [3.05, 3.63) is 0 Å². The minimum Gasteiger partial charge on any atom is -0.391 e. The van der Waals surface area contributed by atoms with E-state index in [1.54, 1.807) is 0 Å². The van der Waals surface area contributed by atoms with E-state index in [4.69, 9.17) is 5.26 Å². The van der Waals surface area contributed by atoms with Crippen LogP contribution in [0.2, 0.25) is 0 Å². The Kier molecular flexibility index (Phi) is 3.61. The van der Waals surface area contributed by atoms with E-state index in [1.165, 1.54) is 19.3 Å². The molecule has 2 fully saturated rings. The average molecular weight is 208 g/mol. The summed E-state index contributed by atoms with van der Waals surface area (Å²) in [6, 6.07) is 3.21. The van der Waals surface area contributed by atoms with Crippen molar-refractivity contribution >= 4 is 0 Å². The summed E-state index contributed by atoms with van der Waals surface area (Å²) in [6.45, 7) is 0.850. The van der Waals surface area contributed by atoms with E-state index in [0.29, 0.717) is 18.5 Å². The van der Waals surface area contributed by atoms with Crippen LogP contribution in [-0.2, 0) is 0 Å². The summed E-state index contributed by atoms with van der Waals surface area (Å²) in [5.41, 5.74) is 0. The molecule has 2 atom stereocenters. The van der Waals surface area contributed by atoms with Gasteiger partial charge in [0, 0.05) is 25.0 Å². The number of nitriles is 1. The SMILES string of the molecule is N#CCCN(C1CC1)[C@@H]1CCCC[C@H]1O. The van der Waals surface area contributed by atoms with Gasteiger partial charge in [-0.25, -0.2) is 0 Å². The minimum atomic E-state index is -0.155. The van der Waals surface area contributed by atoms with Gasteiger partial charge in [0.15, 0.2) is 0 Å². The van der Waals surface area contributed by atoms with Gasteiger partial charge in [-0.3, -0.25) is 4.90 Å². The molecule has 0 spiro atoms. The summed E-state index contributed by atoms with van der Waals surface area (Å²) in [5, 5.41) is 18.6. The first-order valence-corrected chi connectivity index (χ1v) is 6.13. The molecule has 84 valence electrons. The molecule has 1 N–H and O–H groups in total. The van der Waals surface area contributed by atoms with Gasteiger partial charge in [0.2, 0.25) is 0 Å². The molecule has 0 amide bonds. The number of hydrogen-bond acceptors (Lipinski definition) is 3. The van der Waals surface area contributed by atoms with Gasteiger partial charge in [0.1, 0.15) is 0 Å². The Morgan fingerprint density at radius 1 is 1.20 bits per heavy atom. The van der Waals surface area contributed by atoms with Crippen LogP contribution in [0.1, 0.15) is 44.9 Å². The minimum absolute atomic E-state index is 0.155. The summed E-state index contributed by atoms with van der Waals surface area (Å²) in [7, 11) is 0. The fraction of sp³-hybridized carbons (Fsp3) is 0.917. The van der Waals surface area contributed by atoms with Crippen molar-refractivity contribution in [2.24, 2.45) is 0 Å². The van der Waals surface area contributed by atoms with Crippen LogP contribution < -0.4 is 0 Å². The molecule has 0 aromatic rings. The van der Waals surface area contributed by atoms with Crippen LogP contribution in [0, 0.1) is 11.3 Å². The summed E-state index contributed by atoms with van der Waals surface area (Å²) in [6.07, 6.45) is 7.41. The Balaban J connectivity index is 1.93. The van der Waals surface area contributed by atoms with Crippen molar-refractivity contribution < 1.29 is 5.11 Å². The lowest BCUT2D eigenvalue weighted by Crippen LogP contribution is -2.47. The molecule has 0 aromatic heterocycles. The highest BCUT2D eigenvalue weighted by Crippen LogP contribution is 2.33. The Morgan fingerprint density at radius 2 is 1.93 bits per heavy atom. The highest BCUT2D eigenvalue weighted by molar-refractivity contribution is 4.94. The predicted octanol–water partition coefficient (Wildman–Crippen LogP) is 1.67. The molecule has 2 rings (SSSR count). The number of aliphatic hydroxyl groups excluding tert-OH is 1. The molecular weight excluding hydrogens is 188 g/mol. The molecule has 3 nitrogen and oxygen atoms in total. The summed E-state index contributed by atoms with van der Waals surface area (Å²) in [5.74, 6) is 0. The predicted molar refractivity (Wildman–Crippen MR) is 58.2 cm³/mol. The second-order valence-electron chi connectivity index (χ2n) is 4.80. The zero-order valence-corrected chi connectivity index (χ0v) is 9.23. The topological polar surface area (TPSA) is 47.3 Å². The van der Waals surface area contributed by atoms with E-state index in [-0.39, 0.29) is 6.10 Å².